The molecule has 0 bridgehead atoms. The molecule has 2 N–H and O–H groups in total. The lowest BCUT2D eigenvalue weighted by molar-refractivity contribution is 0.607. The second-order valence-corrected chi connectivity index (χ2v) is 10.4. The van der Waals surface area contributed by atoms with Crippen LogP contribution in [0.1, 0.15) is 63.9 Å². The Bertz CT molecular complexity index is 1340. The molecular weight excluding hydrogens is 480 g/mol. The first-order valence-corrected chi connectivity index (χ1v) is 14.6. The molecule has 6 nitrogen and oxygen atoms in total. The van der Waals surface area contributed by atoms with E-state index in [-0.39, 0.29) is 0 Å². The van der Waals surface area contributed by atoms with Gasteiger partial charge in [0.15, 0.2) is 0 Å². The number of aryl methyl sites for hydroxylation is 1. The monoisotopic (exact) mass is 520 g/mol. The highest BCUT2D eigenvalue weighted by Crippen LogP contribution is 2.32. The molecule has 1 aromatic heterocycles. The van der Waals surface area contributed by atoms with Crippen LogP contribution < -0.4 is 15.8 Å². The predicted molar refractivity (Wildman–Crippen MR) is 165 cm³/mol. The van der Waals surface area contributed by atoms with E-state index in [1.165, 1.54) is 62.6 Å². The Balaban J connectivity index is 1.20. The molecule has 0 amide bonds. The van der Waals surface area contributed by atoms with Crippen LogP contribution in [0.3, 0.4) is 0 Å². The van der Waals surface area contributed by atoms with Crippen molar-refractivity contribution < 1.29 is 0 Å². The van der Waals surface area contributed by atoms with Crippen LogP contribution >= 0.6 is 0 Å². The Labute approximate surface area is 232 Å². The minimum atomic E-state index is 0.752. The van der Waals surface area contributed by atoms with E-state index in [0.717, 1.165) is 53.2 Å². The average Bonchev–Trinajstić information content (AvgIpc) is 3.53. The number of anilines is 3. The van der Waals surface area contributed by atoms with Crippen molar-refractivity contribution in [2.24, 2.45) is 10.2 Å². The molecule has 0 radical (unpaired) electrons. The molecular formula is C33H40N6. The smallest absolute Gasteiger partial charge is 0.112 e. The van der Waals surface area contributed by atoms with Gasteiger partial charge in [0.05, 0.1) is 22.6 Å². The van der Waals surface area contributed by atoms with E-state index < -0.39 is 0 Å². The van der Waals surface area contributed by atoms with Gasteiger partial charge < -0.3 is 15.8 Å². The number of hydrogen-bond acceptors (Lipinski definition) is 6. The third-order valence-corrected chi connectivity index (χ3v) is 7.46. The summed E-state index contributed by atoms with van der Waals surface area (Å²) in [6.45, 7) is 4.56. The molecule has 1 aliphatic rings. The van der Waals surface area contributed by atoms with Crippen LogP contribution in [0.15, 0.2) is 89.2 Å². The minimum Gasteiger partial charge on any atom is -0.372 e. The maximum Gasteiger partial charge on any atom is 0.112 e. The summed E-state index contributed by atoms with van der Waals surface area (Å²) in [7, 11) is 0. The summed E-state index contributed by atoms with van der Waals surface area (Å²) in [6, 6.07) is 25.0. The number of rotatable bonds is 13. The molecule has 3 aromatic carbocycles. The lowest BCUT2D eigenvalue weighted by Gasteiger charge is -2.18. The predicted octanol–water partition coefficient (Wildman–Crippen LogP) is 9.59. The van der Waals surface area contributed by atoms with Crippen LogP contribution in [-0.4, -0.2) is 18.1 Å². The molecule has 0 saturated carbocycles. The van der Waals surface area contributed by atoms with E-state index >= 15 is 0 Å². The first-order valence-electron chi connectivity index (χ1n) is 14.6. The second kappa shape index (κ2) is 13.7. The zero-order valence-electron chi connectivity index (χ0n) is 23.1. The number of nitrogens with one attached hydrogen (secondary N) is 2. The first-order chi connectivity index (χ1) is 19.3. The standard InChI is InChI=1S/C33H40N6/c1-2-3-4-5-6-7-11-26-13-15-27(16-14-26)36-38-32-22-21-31(30-12-10-23-34-33(30)32)37-35-28-17-19-29(20-18-28)39-24-8-9-25-39/h10,12-23,35,37H,2-9,11,24-25H2,1H3/b38-36+. The molecule has 0 atom stereocenters. The SMILES string of the molecule is CCCCCCCCc1ccc(/N=N/c2ccc(NNc3ccc(N4CCCC4)cc3)c3cccnc23)cc1. The highest BCUT2D eigenvalue weighted by atomic mass is 15.4. The van der Waals surface area contributed by atoms with E-state index in [2.05, 4.69) is 92.5 Å². The van der Waals surface area contributed by atoms with Gasteiger partial charge in [0.1, 0.15) is 5.69 Å². The van der Waals surface area contributed by atoms with Crippen molar-refractivity contribution in [2.45, 2.75) is 64.7 Å². The molecule has 0 aliphatic carbocycles. The van der Waals surface area contributed by atoms with Crippen LogP contribution in [0.25, 0.3) is 10.9 Å². The number of aromatic nitrogens is 1. The second-order valence-electron chi connectivity index (χ2n) is 10.4. The van der Waals surface area contributed by atoms with Gasteiger partial charge in [-0.2, -0.15) is 5.11 Å². The summed E-state index contributed by atoms with van der Waals surface area (Å²) in [5.41, 5.74) is 13.7. The van der Waals surface area contributed by atoms with E-state index in [1.807, 2.05) is 18.2 Å². The maximum atomic E-state index is 4.61. The van der Waals surface area contributed by atoms with E-state index in [4.69, 9.17) is 0 Å². The minimum absolute atomic E-state index is 0.752. The van der Waals surface area contributed by atoms with Crippen molar-refractivity contribution in [1.82, 2.24) is 4.98 Å². The van der Waals surface area contributed by atoms with Gasteiger partial charge in [-0.1, -0.05) is 51.2 Å². The van der Waals surface area contributed by atoms with Crippen molar-refractivity contribution in [3.63, 3.8) is 0 Å². The molecule has 2 heterocycles. The number of azo groups is 1. The highest BCUT2D eigenvalue weighted by Gasteiger charge is 2.12. The highest BCUT2D eigenvalue weighted by molar-refractivity contribution is 5.98. The fourth-order valence-electron chi connectivity index (χ4n) is 5.17. The number of benzene rings is 3. The number of hydrazine groups is 1. The van der Waals surface area contributed by atoms with Gasteiger partial charge in [0.25, 0.3) is 0 Å². The van der Waals surface area contributed by atoms with Crippen LogP contribution in [0, 0.1) is 0 Å². The van der Waals surface area contributed by atoms with Gasteiger partial charge in [-0.05, 0) is 91.9 Å². The van der Waals surface area contributed by atoms with Crippen molar-refractivity contribution >= 4 is 39.3 Å². The maximum absolute atomic E-state index is 4.61. The molecule has 1 fully saturated rings. The lowest BCUT2D eigenvalue weighted by Crippen LogP contribution is -2.17. The topological polar surface area (TPSA) is 64.9 Å². The molecule has 5 rings (SSSR count). The zero-order chi connectivity index (χ0) is 26.7. The van der Waals surface area contributed by atoms with Crippen LogP contribution in [-0.2, 0) is 6.42 Å². The largest absolute Gasteiger partial charge is 0.372 e. The summed E-state index contributed by atoms with van der Waals surface area (Å²) >= 11 is 0. The molecule has 202 valence electrons. The average molecular weight is 521 g/mol. The summed E-state index contributed by atoms with van der Waals surface area (Å²) < 4.78 is 0. The molecule has 39 heavy (non-hydrogen) atoms. The van der Waals surface area contributed by atoms with E-state index in [0.29, 0.717) is 0 Å². The normalized spacial score (nSPS) is 13.4. The summed E-state index contributed by atoms with van der Waals surface area (Å²) in [5, 5.41) is 10.1. The number of unbranched alkanes of at least 4 members (excludes halogenated alkanes) is 5. The van der Waals surface area contributed by atoms with E-state index in [9.17, 15) is 0 Å². The van der Waals surface area contributed by atoms with Gasteiger partial charge >= 0.3 is 0 Å². The molecule has 6 heteroatoms. The van der Waals surface area contributed by atoms with Crippen molar-refractivity contribution in [3.05, 3.63) is 84.6 Å². The van der Waals surface area contributed by atoms with Gasteiger partial charge in [0.2, 0.25) is 0 Å². The fraction of sp³-hybridized carbons (Fsp3) is 0.364. The van der Waals surface area contributed by atoms with Crippen molar-refractivity contribution in [1.29, 1.82) is 0 Å². The van der Waals surface area contributed by atoms with Crippen LogP contribution in [0.5, 0.6) is 0 Å². The zero-order valence-corrected chi connectivity index (χ0v) is 23.1. The summed E-state index contributed by atoms with van der Waals surface area (Å²) in [5.74, 6) is 0. The third-order valence-electron chi connectivity index (χ3n) is 7.46. The number of nitrogens with zero attached hydrogens (tertiary/aromatic N) is 4. The Morgan fingerprint density at radius 1 is 0.769 bits per heavy atom. The van der Waals surface area contributed by atoms with E-state index in [1.54, 1.807) is 6.20 Å². The Morgan fingerprint density at radius 3 is 2.33 bits per heavy atom. The molecule has 1 aliphatic heterocycles. The molecule has 0 unspecified atom stereocenters. The van der Waals surface area contributed by atoms with Crippen LogP contribution in [0.2, 0.25) is 0 Å². The van der Waals surface area contributed by atoms with Crippen molar-refractivity contribution in [3.8, 4) is 0 Å². The summed E-state index contributed by atoms with van der Waals surface area (Å²) in [4.78, 5) is 7.05. The lowest BCUT2D eigenvalue weighted by atomic mass is 10.0. The first kappa shape index (κ1) is 26.7. The summed E-state index contributed by atoms with van der Waals surface area (Å²) in [6.07, 6.45) is 13.4. The fourth-order valence-corrected chi connectivity index (χ4v) is 5.17. The quantitative estimate of drug-likeness (QED) is 0.105. The molecule has 1 saturated heterocycles. The van der Waals surface area contributed by atoms with Gasteiger partial charge in [0, 0.05) is 30.4 Å². The Morgan fingerprint density at radius 2 is 1.54 bits per heavy atom. The van der Waals surface area contributed by atoms with Crippen LogP contribution in [0.4, 0.5) is 28.4 Å². The van der Waals surface area contributed by atoms with Gasteiger partial charge in [-0.15, -0.1) is 5.11 Å². The molecule has 4 aromatic rings. The molecule has 0 spiro atoms. The van der Waals surface area contributed by atoms with Gasteiger partial charge in [-0.25, -0.2) is 0 Å². The third kappa shape index (κ3) is 7.34. The Kier molecular flexibility index (Phi) is 9.40. The number of fused-ring (bicyclic) bond motifs is 1. The Hall–Kier alpha value is -3.93. The number of pyridine rings is 1. The van der Waals surface area contributed by atoms with Crippen molar-refractivity contribution in [2.75, 3.05) is 28.8 Å². The number of hydrogen-bond donors (Lipinski definition) is 2. The van der Waals surface area contributed by atoms with Gasteiger partial charge in [-0.3, -0.25) is 4.98 Å².